The summed E-state index contributed by atoms with van der Waals surface area (Å²) in [5.74, 6) is 1.30. The lowest BCUT2D eigenvalue weighted by atomic mass is 9.88. The molecular weight excluding hydrogens is 182 g/mol. The zero-order valence-electron chi connectivity index (χ0n) is 8.09. The molecular formula is C10H19NOS. The van der Waals surface area contributed by atoms with Crippen LogP contribution in [0.2, 0.25) is 0 Å². The molecule has 0 bridgehead atoms. The molecule has 0 spiro atoms. The number of aliphatic hydroxyl groups is 1. The molecule has 2 unspecified atom stereocenters. The summed E-state index contributed by atoms with van der Waals surface area (Å²) in [6, 6.07) is 0. The third kappa shape index (κ3) is 2.61. The van der Waals surface area contributed by atoms with Crippen LogP contribution in [0.25, 0.3) is 0 Å². The Kier molecular flexibility index (Phi) is 3.17. The van der Waals surface area contributed by atoms with Gasteiger partial charge in [-0.1, -0.05) is 0 Å². The average Bonchev–Trinajstić information content (AvgIpc) is 2.57. The minimum Gasteiger partial charge on any atom is -0.389 e. The van der Waals surface area contributed by atoms with E-state index in [1.54, 1.807) is 0 Å². The van der Waals surface area contributed by atoms with Crippen molar-refractivity contribution in [3.63, 3.8) is 0 Å². The van der Waals surface area contributed by atoms with Gasteiger partial charge in [-0.2, -0.15) is 11.8 Å². The van der Waals surface area contributed by atoms with Crippen molar-refractivity contribution in [3.8, 4) is 0 Å². The normalized spacial score (nSPS) is 40.8. The minimum absolute atomic E-state index is 0.389. The molecule has 2 rings (SSSR count). The van der Waals surface area contributed by atoms with E-state index in [1.165, 1.54) is 18.6 Å². The van der Waals surface area contributed by atoms with Crippen molar-refractivity contribution in [2.75, 3.05) is 18.8 Å². The van der Waals surface area contributed by atoms with Gasteiger partial charge < -0.3 is 10.4 Å². The quantitative estimate of drug-likeness (QED) is 0.708. The molecule has 0 aliphatic carbocycles. The molecule has 0 saturated carbocycles. The minimum atomic E-state index is -0.389. The van der Waals surface area contributed by atoms with Crippen LogP contribution in [0.3, 0.4) is 0 Å². The largest absolute Gasteiger partial charge is 0.389 e. The molecule has 0 amide bonds. The summed E-state index contributed by atoms with van der Waals surface area (Å²) < 4.78 is 0. The highest BCUT2D eigenvalue weighted by Gasteiger charge is 2.33. The first kappa shape index (κ1) is 9.81. The highest BCUT2D eigenvalue weighted by molar-refractivity contribution is 8.00. The number of hydrogen-bond acceptors (Lipinski definition) is 3. The Morgan fingerprint density at radius 2 is 2.38 bits per heavy atom. The van der Waals surface area contributed by atoms with E-state index < -0.39 is 0 Å². The SMILES string of the molecule is OC1(CC2CCCS2)CCCNC1. The maximum Gasteiger partial charge on any atom is 0.0782 e. The summed E-state index contributed by atoms with van der Waals surface area (Å²) in [4.78, 5) is 0. The van der Waals surface area contributed by atoms with Crippen molar-refractivity contribution in [1.82, 2.24) is 5.32 Å². The molecule has 2 aliphatic heterocycles. The van der Waals surface area contributed by atoms with Crippen LogP contribution in [-0.2, 0) is 0 Å². The van der Waals surface area contributed by atoms with E-state index in [9.17, 15) is 5.11 Å². The van der Waals surface area contributed by atoms with Gasteiger partial charge in [-0.15, -0.1) is 0 Å². The van der Waals surface area contributed by atoms with Crippen LogP contribution >= 0.6 is 11.8 Å². The van der Waals surface area contributed by atoms with Crippen LogP contribution in [0.1, 0.15) is 32.1 Å². The molecule has 0 aromatic rings. The zero-order valence-corrected chi connectivity index (χ0v) is 8.91. The van der Waals surface area contributed by atoms with Crippen LogP contribution < -0.4 is 5.32 Å². The smallest absolute Gasteiger partial charge is 0.0782 e. The van der Waals surface area contributed by atoms with Gasteiger partial charge in [0.2, 0.25) is 0 Å². The molecule has 0 radical (unpaired) electrons. The predicted molar refractivity (Wildman–Crippen MR) is 57.2 cm³/mol. The highest BCUT2D eigenvalue weighted by Crippen LogP contribution is 2.34. The Morgan fingerprint density at radius 3 is 3.00 bits per heavy atom. The van der Waals surface area contributed by atoms with Gasteiger partial charge in [-0.3, -0.25) is 0 Å². The van der Waals surface area contributed by atoms with Crippen molar-refractivity contribution in [2.45, 2.75) is 43.0 Å². The van der Waals surface area contributed by atoms with Gasteiger partial charge in [0.15, 0.2) is 0 Å². The number of nitrogens with one attached hydrogen (secondary N) is 1. The van der Waals surface area contributed by atoms with Crippen molar-refractivity contribution < 1.29 is 5.11 Å². The molecule has 2 aliphatic rings. The number of rotatable bonds is 2. The van der Waals surface area contributed by atoms with E-state index in [1.807, 2.05) is 11.8 Å². The summed E-state index contributed by atoms with van der Waals surface area (Å²) in [5, 5.41) is 14.3. The molecule has 3 heteroatoms. The van der Waals surface area contributed by atoms with E-state index in [0.717, 1.165) is 37.6 Å². The Morgan fingerprint density at radius 1 is 1.46 bits per heavy atom. The topological polar surface area (TPSA) is 32.3 Å². The Balaban J connectivity index is 1.83. The molecule has 2 atom stereocenters. The Labute approximate surface area is 84.5 Å². The Bertz CT molecular complexity index is 162. The second-order valence-electron chi connectivity index (χ2n) is 4.34. The van der Waals surface area contributed by atoms with Gasteiger partial charge in [0, 0.05) is 11.8 Å². The molecule has 0 aromatic carbocycles. The third-order valence-electron chi connectivity index (χ3n) is 3.08. The zero-order chi connectivity index (χ0) is 9.15. The molecule has 0 aromatic heterocycles. The van der Waals surface area contributed by atoms with Gasteiger partial charge in [-0.25, -0.2) is 0 Å². The highest BCUT2D eigenvalue weighted by atomic mass is 32.2. The standard InChI is InChI=1S/C10H19NOS/c12-10(4-2-5-11-8-10)7-9-3-1-6-13-9/h9,11-12H,1-8H2. The molecule has 2 fully saturated rings. The van der Waals surface area contributed by atoms with Crippen LogP contribution in [0.4, 0.5) is 0 Å². The Hall–Kier alpha value is 0.270. The molecule has 2 saturated heterocycles. The first-order chi connectivity index (χ1) is 6.29. The van der Waals surface area contributed by atoms with Crippen molar-refractivity contribution >= 4 is 11.8 Å². The third-order valence-corrected chi connectivity index (χ3v) is 4.48. The molecule has 76 valence electrons. The van der Waals surface area contributed by atoms with Gasteiger partial charge in [0.05, 0.1) is 5.60 Å². The van der Waals surface area contributed by atoms with Gasteiger partial charge in [0.1, 0.15) is 0 Å². The maximum atomic E-state index is 10.3. The maximum absolute atomic E-state index is 10.3. The summed E-state index contributed by atoms with van der Waals surface area (Å²) in [6.07, 6.45) is 5.79. The van der Waals surface area contributed by atoms with E-state index in [2.05, 4.69) is 5.32 Å². The fraction of sp³-hybridized carbons (Fsp3) is 1.00. The van der Waals surface area contributed by atoms with Gasteiger partial charge in [-0.05, 0) is 44.4 Å². The monoisotopic (exact) mass is 201 g/mol. The van der Waals surface area contributed by atoms with Gasteiger partial charge >= 0.3 is 0 Å². The summed E-state index contributed by atoms with van der Waals surface area (Å²) in [5.41, 5.74) is -0.389. The van der Waals surface area contributed by atoms with Crippen LogP contribution in [-0.4, -0.2) is 34.8 Å². The number of β-amino-alcohol motifs (C(OH)–C–C–N with tert-alkyl or cyclic N) is 1. The lowest BCUT2D eigenvalue weighted by molar-refractivity contribution is 0.00828. The molecule has 2 nitrogen and oxygen atoms in total. The molecule has 13 heavy (non-hydrogen) atoms. The lowest BCUT2D eigenvalue weighted by Gasteiger charge is -2.34. The van der Waals surface area contributed by atoms with E-state index >= 15 is 0 Å². The number of hydrogen-bond donors (Lipinski definition) is 2. The van der Waals surface area contributed by atoms with E-state index in [4.69, 9.17) is 0 Å². The number of thioether (sulfide) groups is 1. The summed E-state index contributed by atoms with van der Waals surface area (Å²) in [6.45, 7) is 1.89. The second-order valence-corrected chi connectivity index (χ2v) is 5.75. The fourth-order valence-electron chi connectivity index (χ4n) is 2.36. The van der Waals surface area contributed by atoms with E-state index in [0.29, 0.717) is 0 Å². The lowest BCUT2D eigenvalue weighted by Crippen LogP contribution is -2.46. The second kappa shape index (κ2) is 4.20. The first-order valence-corrected chi connectivity index (χ1v) is 6.38. The van der Waals surface area contributed by atoms with Crippen LogP contribution in [0, 0.1) is 0 Å². The average molecular weight is 201 g/mol. The molecule has 2 heterocycles. The van der Waals surface area contributed by atoms with Crippen LogP contribution in [0.5, 0.6) is 0 Å². The number of piperidine rings is 1. The van der Waals surface area contributed by atoms with Gasteiger partial charge in [0.25, 0.3) is 0 Å². The molecule has 2 N–H and O–H groups in total. The van der Waals surface area contributed by atoms with Crippen LogP contribution in [0.15, 0.2) is 0 Å². The van der Waals surface area contributed by atoms with Crippen molar-refractivity contribution in [1.29, 1.82) is 0 Å². The summed E-state index contributed by atoms with van der Waals surface area (Å²) in [7, 11) is 0. The van der Waals surface area contributed by atoms with E-state index in [-0.39, 0.29) is 5.60 Å². The summed E-state index contributed by atoms with van der Waals surface area (Å²) >= 11 is 2.05. The van der Waals surface area contributed by atoms with Crippen molar-refractivity contribution in [3.05, 3.63) is 0 Å². The first-order valence-electron chi connectivity index (χ1n) is 5.33. The fourth-order valence-corrected chi connectivity index (χ4v) is 3.78. The predicted octanol–water partition coefficient (Wildman–Crippen LogP) is 1.39. The van der Waals surface area contributed by atoms with Crippen molar-refractivity contribution in [2.24, 2.45) is 0 Å².